The van der Waals surface area contributed by atoms with Crippen molar-refractivity contribution in [3.63, 3.8) is 0 Å². The number of benzene rings is 2. The SMILES string of the molecule is CCCc1c(Cc2ccc(-c3ccccc3-c3noc(=O)[nH]3)cc2)c(=O)n(C2CCC(OCC(O)C3CC3)CC2)c2ncnn12. The van der Waals surface area contributed by atoms with Gasteiger partial charge in [-0.2, -0.15) is 10.1 Å². The van der Waals surface area contributed by atoms with Gasteiger partial charge in [-0.05, 0) is 67.6 Å². The molecule has 11 heteroatoms. The summed E-state index contributed by atoms with van der Waals surface area (Å²) in [6, 6.07) is 15.8. The Hall–Kier alpha value is -4.35. The Kier molecular flexibility index (Phi) is 8.20. The Morgan fingerprint density at radius 2 is 1.78 bits per heavy atom. The lowest BCUT2D eigenvalue weighted by atomic mass is 9.92. The Morgan fingerprint density at radius 1 is 1.02 bits per heavy atom. The number of hydrogen-bond donors (Lipinski definition) is 2. The molecule has 3 aromatic heterocycles. The summed E-state index contributed by atoms with van der Waals surface area (Å²) in [5.74, 6) is 0.776. The number of hydrogen-bond acceptors (Lipinski definition) is 8. The first kappa shape index (κ1) is 29.4. The first-order valence-corrected chi connectivity index (χ1v) is 16.0. The topological polar surface area (TPSA) is 141 Å². The molecule has 2 aliphatic rings. The van der Waals surface area contributed by atoms with Crippen LogP contribution in [0, 0.1) is 5.92 Å². The maximum Gasteiger partial charge on any atom is 0.439 e. The molecule has 2 aliphatic carbocycles. The van der Waals surface area contributed by atoms with E-state index in [1.54, 1.807) is 0 Å². The van der Waals surface area contributed by atoms with E-state index in [9.17, 15) is 14.7 Å². The molecule has 0 saturated heterocycles. The highest BCUT2D eigenvalue weighted by Gasteiger charge is 2.32. The summed E-state index contributed by atoms with van der Waals surface area (Å²) in [6.45, 7) is 2.50. The van der Waals surface area contributed by atoms with Gasteiger partial charge in [-0.3, -0.25) is 18.9 Å². The van der Waals surface area contributed by atoms with Crippen LogP contribution in [0.4, 0.5) is 0 Å². The highest BCUT2D eigenvalue weighted by Crippen LogP contribution is 2.35. The number of aliphatic hydroxyl groups excluding tert-OH is 1. The highest BCUT2D eigenvalue weighted by atomic mass is 16.5. The largest absolute Gasteiger partial charge is 0.439 e. The number of ether oxygens (including phenoxy) is 1. The molecule has 0 radical (unpaired) electrons. The van der Waals surface area contributed by atoms with E-state index < -0.39 is 5.76 Å². The summed E-state index contributed by atoms with van der Waals surface area (Å²) >= 11 is 0. The molecule has 0 spiro atoms. The molecule has 2 N–H and O–H groups in total. The van der Waals surface area contributed by atoms with Crippen molar-refractivity contribution in [3.8, 4) is 22.5 Å². The van der Waals surface area contributed by atoms with Crippen LogP contribution in [0.25, 0.3) is 28.3 Å². The molecule has 3 heterocycles. The lowest BCUT2D eigenvalue weighted by Crippen LogP contribution is -2.35. The van der Waals surface area contributed by atoms with Crippen LogP contribution in [0.3, 0.4) is 0 Å². The monoisotopic (exact) mass is 610 g/mol. The molecule has 234 valence electrons. The zero-order valence-corrected chi connectivity index (χ0v) is 25.4. The molecule has 5 aromatic rings. The summed E-state index contributed by atoms with van der Waals surface area (Å²) in [5.41, 5.74) is 5.29. The number of aliphatic hydroxyl groups is 1. The van der Waals surface area contributed by atoms with E-state index >= 15 is 0 Å². The van der Waals surface area contributed by atoms with E-state index in [-0.39, 0.29) is 23.8 Å². The molecule has 0 aliphatic heterocycles. The highest BCUT2D eigenvalue weighted by molar-refractivity contribution is 5.80. The first-order chi connectivity index (χ1) is 22.0. The number of aromatic nitrogens is 6. The Bertz CT molecular complexity index is 1890. The summed E-state index contributed by atoms with van der Waals surface area (Å²) in [6.07, 6.45) is 8.83. The second-order valence-corrected chi connectivity index (χ2v) is 12.4. The number of aryl methyl sites for hydroxylation is 1. The van der Waals surface area contributed by atoms with Gasteiger partial charge in [0, 0.05) is 23.6 Å². The van der Waals surface area contributed by atoms with E-state index in [0.717, 1.165) is 84.9 Å². The van der Waals surface area contributed by atoms with Gasteiger partial charge in [0.15, 0.2) is 5.82 Å². The average Bonchev–Trinajstić information content (AvgIpc) is 3.66. The number of H-pyrrole nitrogens is 1. The normalized spacial score (nSPS) is 19.2. The second-order valence-electron chi connectivity index (χ2n) is 12.4. The van der Waals surface area contributed by atoms with Crippen molar-refractivity contribution in [2.45, 2.75) is 83.0 Å². The predicted molar refractivity (Wildman–Crippen MR) is 168 cm³/mol. The first-order valence-electron chi connectivity index (χ1n) is 16.0. The fraction of sp³-hybridized carbons (Fsp3) is 0.441. The van der Waals surface area contributed by atoms with E-state index in [1.807, 2.05) is 57.6 Å². The van der Waals surface area contributed by atoms with Gasteiger partial charge in [0.05, 0.1) is 24.5 Å². The van der Waals surface area contributed by atoms with Gasteiger partial charge in [0.25, 0.3) is 5.56 Å². The molecule has 0 amide bonds. The quantitative estimate of drug-likeness (QED) is 0.219. The third-order valence-corrected chi connectivity index (χ3v) is 9.26. The Balaban J connectivity index is 1.16. The van der Waals surface area contributed by atoms with Gasteiger partial charge >= 0.3 is 5.76 Å². The summed E-state index contributed by atoms with van der Waals surface area (Å²) in [7, 11) is 0. The van der Waals surface area contributed by atoms with Crippen molar-refractivity contribution >= 4 is 5.78 Å². The summed E-state index contributed by atoms with van der Waals surface area (Å²) in [4.78, 5) is 33.1. The molecule has 2 aromatic carbocycles. The van der Waals surface area contributed by atoms with Crippen molar-refractivity contribution < 1.29 is 14.4 Å². The number of nitrogens with zero attached hydrogens (tertiary/aromatic N) is 5. The van der Waals surface area contributed by atoms with E-state index in [0.29, 0.717) is 30.5 Å². The third-order valence-electron chi connectivity index (χ3n) is 9.26. The van der Waals surface area contributed by atoms with Crippen molar-refractivity contribution in [3.05, 3.63) is 92.6 Å². The fourth-order valence-electron chi connectivity index (χ4n) is 6.69. The van der Waals surface area contributed by atoms with Gasteiger partial charge in [-0.25, -0.2) is 9.31 Å². The standard InChI is InChI=1S/C34H38N6O5/c1-2-5-29-28(18-21-8-10-22(11-9-21)26-6-3-4-7-27(26)31-37-34(43)45-38-31)32(42)39(33-35-20-36-40(29)33)24-14-16-25(17-15-24)44-19-30(41)23-12-13-23/h3-4,6-11,20,23-25,30,41H,2,5,12-19H2,1H3,(H,37,38,43). The Labute approximate surface area is 259 Å². The summed E-state index contributed by atoms with van der Waals surface area (Å²) < 4.78 is 14.5. The third kappa shape index (κ3) is 6.02. The van der Waals surface area contributed by atoms with Crippen LogP contribution in [-0.4, -0.2) is 53.2 Å². The van der Waals surface area contributed by atoms with Crippen LogP contribution >= 0.6 is 0 Å². The van der Waals surface area contributed by atoms with Gasteiger partial charge in [0.2, 0.25) is 5.78 Å². The van der Waals surface area contributed by atoms with Gasteiger partial charge < -0.3 is 9.84 Å². The van der Waals surface area contributed by atoms with Gasteiger partial charge in [0.1, 0.15) is 6.33 Å². The van der Waals surface area contributed by atoms with Gasteiger partial charge in [-0.1, -0.05) is 67.0 Å². The lowest BCUT2D eigenvalue weighted by molar-refractivity contribution is -0.0347. The smallest absolute Gasteiger partial charge is 0.390 e. The molecule has 1 atom stereocenters. The minimum Gasteiger partial charge on any atom is -0.390 e. The molecular weight excluding hydrogens is 572 g/mol. The molecule has 1 unspecified atom stereocenters. The molecule has 7 rings (SSSR count). The number of fused-ring (bicyclic) bond motifs is 1. The van der Waals surface area contributed by atoms with E-state index in [4.69, 9.17) is 9.26 Å². The summed E-state index contributed by atoms with van der Waals surface area (Å²) in [5, 5.41) is 18.7. The van der Waals surface area contributed by atoms with Crippen molar-refractivity contribution in [1.82, 2.24) is 29.3 Å². The molecule has 2 fully saturated rings. The molecule has 45 heavy (non-hydrogen) atoms. The number of nitrogens with one attached hydrogen (secondary N) is 1. The number of aromatic amines is 1. The maximum atomic E-state index is 14.3. The predicted octanol–water partition coefficient (Wildman–Crippen LogP) is 4.72. The minimum atomic E-state index is -0.599. The second kappa shape index (κ2) is 12.6. The number of rotatable bonds is 11. The molecule has 11 nitrogen and oxygen atoms in total. The maximum absolute atomic E-state index is 14.3. The van der Waals surface area contributed by atoms with Crippen molar-refractivity contribution in [1.29, 1.82) is 0 Å². The van der Waals surface area contributed by atoms with Crippen LogP contribution in [0.15, 0.2) is 69.0 Å². The molecule has 2 saturated carbocycles. The van der Waals surface area contributed by atoms with Crippen LogP contribution in [0.1, 0.15) is 74.7 Å². The lowest BCUT2D eigenvalue weighted by Gasteiger charge is -2.31. The zero-order valence-electron chi connectivity index (χ0n) is 25.4. The zero-order chi connectivity index (χ0) is 30.9. The van der Waals surface area contributed by atoms with Crippen molar-refractivity contribution in [2.24, 2.45) is 5.92 Å². The van der Waals surface area contributed by atoms with Crippen LogP contribution in [0.2, 0.25) is 0 Å². The minimum absolute atomic E-state index is 0.00289. The van der Waals surface area contributed by atoms with Crippen LogP contribution in [-0.2, 0) is 17.6 Å². The molecular formula is C34H38N6O5. The van der Waals surface area contributed by atoms with Crippen LogP contribution < -0.4 is 11.3 Å². The van der Waals surface area contributed by atoms with Crippen molar-refractivity contribution in [2.75, 3.05) is 6.61 Å². The Morgan fingerprint density at radius 3 is 2.47 bits per heavy atom. The van der Waals surface area contributed by atoms with E-state index in [2.05, 4.69) is 27.1 Å². The fourth-order valence-corrected chi connectivity index (χ4v) is 6.69. The molecule has 0 bridgehead atoms. The van der Waals surface area contributed by atoms with Crippen LogP contribution in [0.5, 0.6) is 0 Å². The van der Waals surface area contributed by atoms with E-state index in [1.165, 1.54) is 6.33 Å². The average molecular weight is 611 g/mol. The van der Waals surface area contributed by atoms with Gasteiger partial charge in [-0.15, -0.1) is 0 Å².